The average molecular weight is 522 g/mol. The number of hydrogen-bond donors (Lipinski definition) is 3. The third-order valence-electron chi connectivity index (χ3n) is 5.01. The molecule has 6 nitrogen and oxygen atoms in total. The van der Waals surface area contributed by atoms with Gasteiger partial charge in [0.1, 0.15) is 5.25 Å². The SMILES string of the molecule is CCC1=C([C@H](O)CC/C(C)=C/c2cc(I)c(O)c(OC)c2)[C@H](CO)S(=O)(=O)C1. The van der Waals surface area contributed by atoms with Crippen molar-refractivity contribution in [3.63, 3.8) is 0 Å². The molecule has 156 valence electrons. The Balaban J connectivity index is 2.15. The van der Waals surface area contributed by atoms with E-state index in [-0.39, 0.29) is 11.5 Å². The second-order valence-corrected chi connectivity index (χ2v) is 10.3. The molecular weight excluding hydrogens is 495 g/mol. The highest BCUT2D eigenvalue weighted by Crippen LogP contribution is 2.35. The quantitative estimate of drug-likeness (QED) is 0.358. The molecule has 0 amide bonds. The first-order valence-corrected chi connectivity index (χ1v) is 11.9. The second-order valence-electron chi connectivity index (χ2n) is 6.99. The average Bonchev–Trinajstić information content (AvgIpc) is 2.92. The maximum absolute atomic E-state index is 12.2. The van der Waals surface area contributed by atoms with Gasteiger partial charge in [-0.3, -0.25) is 0 Å². The molecule has 0 saturated carbocycles. The summed E-state index contributed by atoms with van der Waals surface area (Å²) in [7, 11) is -1.94. The van der Waals surface area contributed by atoms with Gasteiger partial charge in [0.2, 0.25) is 0 Å². The summed E-state index contributed by atoms with van der Waals surface area (Å²) in [6.45, 7) is 3.30. The van der Waals surface area contributed by atoms with Gasteiger partial charge in [0, 0.05) is 0 Å². The highest BCUT2D eigenvalue weighted by atomic mass is 127. The van der Waals surface area contributed by atoms with E-state index in [2.05, 4.69) is 0 Å². The molecule has 1 aliphatic rings. The predicted molar refractivity (Wildman–Crippen MR) is 118 cm³/mol. The maximum Gasteiger partial charge on any atom is 0.171 e. The molecule has 0 fully saturated rings. The van der Waals surface area contributed by atoms with Crippen LogP contribution < -0.4 is 4.74 Å². The zero-order valence-corrected chi connectivity index (χ0v) is 19.2. The fourth-order valence-corrected chi connectivity index (χ4v) is 6.15. The molecule has 0 bridgehead atoms. The Morgan fingerprint density at radius 1 is 1.43 bits per heavy atom. The van der Waals surface area contributed by atoms with Crippen LogP contribution in [0.4, 0.5) is 0 Å². The van der Waals surface area contributed by atoms with Gasteiger partial charge in [-0.15, -0.1) is 0 Å². The minimum atomic E-state index is -3.43. The summed E-state index contributed by atoms with van der Waals surface area (Å²) in [5.41, 5.74) is 3.06. The van der Waals surface area contributed by atoms with Crippen LogP contribution in [-0.2, 0) is 9.84 Å². The molecule has 1 aromatic carbocycles. The number of rotatable bonds is 8. The summed E-state index contributed by atoms with van der Waals surface area (Å²) in [6, 6.07) is 3.57. The van der Waals surface area contributed by atoms with E-state index in [1.807, 2.05) is 48.6 Å². The smallest absolute Gasteiger partial charge is 0.171 e. The van der Waals surface area contributed by atoms with Gasteiger partial charge in [0.25, 0.3) is 0 Å². The zero-order valence-electron chi connectivity index (χ0n) is 16.3. The number of halogens is 1. The van der Waals surface area contributed by atoms with E-state index < -0.39 is 27.8 Å². The first-order chi connectivity index (χ1) is 13.1. The van der Waals surface area contributed by atoms with E-state index in [0.29, 0.717) is 39.7 Å². The monoisotopic (exact) mass is 522 g/mol. The predicted octanol–water partition coefficient (Wildman–Crippen LogP) is 3.05. The highest BCUT2D eigenvalue weighted by Gasteiger charge is 2.40. The van der Waals surface area contributed by atoms with Crippen LogP contribution in [0.15, 0.2) is 28.9 Å². The number of aliphatic hydroxyl groups is 2. The van der Waals surface area contributed by atoms with Crippen LogP contribution in [0.1, 0.15) is 38.7 Å². The Hall–Kier alpha value is -1.10. The lowest BCUT2D eigenvalue weighted by Crippen LogP contribution is -2.29. The van der Waals surface area contributed by atoms with Gasteiger partial charge in [0.05, 0.1) is 29.1 Å². The molecule has 0 aromatic heterocycles. The van der Waals surface area contributed by atoms with Gasteiger partial charge in [-0.05, 0) is 72.0 Å². The van der Waals surface area contributed by atoms with Crippen molar-refractivity contribution >= 4 is 38.5 Å². The molecule has 1 aromatic rings. The molecule has 28 heavy (non-hydrogen) atoms. The highest BCUT2D eigenvalue weighted by molar-refractivity contribution is 14.1. The third kappa shape index (κ3) is 5.08. The molecule has 8 heteroatoms. The normalized spacial score (nSPS) is 20.5. The summed E-state index contributed by atoms with van der Waals surface area (Å²) < 4.78 is 30.3. The molecule has 0 saturated heterocycles. The van der Waals surface area contributed by atoms with Crippen LogP contribution in [0.3, 0.4) is 0 Å². The number of sulfone groups is 1. The molecule has 0 aliphatic carbocycles. The van der Waals surface area contributed by atoms with E-state index in [1.54, 1.807) is 6.07 Å². The number of allylic oxidation sites excluding steroid dienone is 1. The Morgan fingerprint density at radius 2 is 2.11 bits per heavy atom. The molecular formula is C20H27IO6S. The lowest BCUT2D eigenvalue weighted by molar-refractivity contribution is 0.188. The minimum Gasteiger partial charge on any atom is -0.504 e. The largest absolute Gasteiger partial charge is 0.504 e. The molecule has 1 heterocycles. The fraction of sp³-hybridized carbons (Fsp3) is 0.500. The second kappa shape index (κ2) is 9.60. The van der Waals surface area contributed by atoms with Crippen LogP contribution in [0.25, 0.3) is 6.08 Å². The van der Waals surface area contributed by atoms with Crippen molar-refractivity contribution in [2.45, 2.75) is 44.5 Å². The number of phenolic OH excluding ortho intramolecular Hbond substituents is 1. The summed E-state index contributed by atoms with van der Waals surface area (Å²) in [5, 5.41) is 29.1. The first-order valence-electron chi connectivity index (χ1n) is 9.10. The van der Waals surface area contributed by atoms with Crippen molar-refractivity contribution in [2.75, 3.05) is 19.5 Å². The van der Waals surface area contributed by atoms with Crippen molar-refractivity contribution in [1.82, 2.24) is 0 Å². The van der Waals surface area contributed by atoms with Crippen LogP contribution in [0, 0.1) is 3.57 Å². The summed E-state index contributed by atoms with van der Waals surface area (Å²) in [6.07, 6.45) is 2.53. The number of methoxy groups -OCH3 is 1. The Kier molecular flexibility index (Phi) is 7.95. The molecule has 0 radical (unpaired) electrons. The Morgan fingerprint density at radius 3 is 2.68 bits per heavy atom. The van der Waals surface area contributed by atoms with E-state index in [4.69, 9.17) is 4.74 Å². The van der Waals surface area contributed by atoms with Crippen LogP contribution in [-0.4, -0.2) is 54.6 Å². The van der Waals surface area contributed by atoms with E-state index in [1.165, 1.54) is 7.11 Å². The molecule has 1 aliphatic heterocycles. The van der Waals surface area contributed by atoms with Crippen LogP contribution >= 0.6 is 22.6 Å². The van der Waals surface area contributed by atoms with Crippen LogP contribution in [0.2, 0.25) is 0 Å². The van der Waals surface area contributed by atoms with Gasteiger partial charge in [-0.25, -0.2) is 8.42 Å². The zero-order chi connectivity index (χ0) is 21.1. The third-order valence-corrected chi connectivity index (χ3v) is 7.85. The van der Waals surface area contributed by atoms with Crippen molar-refractivity contribution < 1.29 is 28.5 Å². The van der Waals surface area contributed by atoms with Gasteiger partial charge in [-0.2, -0.15) is 0 Å². The van der Waals surface area contributed by atoms with Crippen molar-refractivity contribution in [3.05, 3.63) is 38.0 Å². The Labute approximate surface area is 180 Å². The van der Waals surface area contributed by atoms with Crippen LogP contribution in [0.5, 0.6) is 11.5 Å². The fourth-order valence-electron chi connectivity index (χ4n) is 3.53. The van der Waals surface area contributed by atoms with Crippen molar-refractivity contribution in [1.29, 1.82) is 0 Å². The first kappa shape index (κ1) is 23.2. The van der Waals surface area contributed by atoms with E-state index >= 15 is 0 Å². The lowest BCUT2D eigenvalue weighted by Gasteiger charge is -2.19. The van der Waals surface area contributed by atoms with Crippen molar-refractivity contribution in [2.24, 2.45) is 0 Å². The van der Waals surface area contributed by atoms with Gasteiger partial charge in [0.15, 0.2) is 21.3 Å². The topological polar surface area (TPSA) is 104 Å². The summed E-state index contributed by atoms with van der Waals surface area (Å²) in [5.74, 6) is 0.414. The number of aliphatic hydroxyl groups excluding tert-OH is 2. The van der Waals surface area contributed by atoms with Gasteiger partial charge in [-0.1, -0.05) is 24.1 Å². The summed E-state index contributed by atoms with van der Waals surface area (Å²) in [4.78, 5) is 0. The molecule has 3 N–H and O–H groups in total. The Bertz CT molecular complexity index is 888. The van der Waals surface area contributed by atoms with Gasteiger partial charge >= 0.3 is 0 Å². The molecule has 0 spiro atoms. The number of hydrogen-bond acceptors (Lipinski definition) is 6. The van der Waals surface area contributed by atoms with E-state index in [0.717, 1.165) is 11.1 Å². The van der Waals surface area contributed by atoms with Gasteiger partial charge < -0.3 is 20.1 Å². The lowest BCUT2D eigenvalue weighted by atomic mass is 9.94. The van der Waals surface area contributed by atoms with Crippen molar-refractivity contribution in [3.8, 4) is 11.5 Å². The van der Waals surface area contributed by atoms with E-state index in [9.17, 15) is 23.7 Å². The minimum absolute atomic E-state index is 0.0817. The number of aromatic hydroxyl groups is 1. The standard InChI is InChI=1S/C20H27IO6S/c1-4-14-11-28(25,26)18(10-22)19(14)16(23)6-5-12(2)7-13-8-15(21)20(24)17(9-13)27-3/h7-9,16,18,22-24H,4-6,10-11H2,1-3H3/b12-7+/t16-,18+/m1/s1. The molecule has 2 rings (SSSR count). The number of benzene rings is 1. The number of ether oxygens (including phenoxy) is 1. The summed E-state index contributed by atoms with van der Waals surface area (Å²) >= 11 is 2.03. The molecule has 2 atom stereocenters. The number of phenols is 1. The molecule has 0 unspecified atom stereocenters. The maximum atomic E-state index is 12.2.